The third kappa shape index (κ3) is 5.79. The van der Waals surface area contributed by atoms with Crippen molar-refractivity contribution in [2.75, 3.05) is 23.4 Å². The molecule has 2 aromatic carbocycles. The van der Waals surface area contributed by atoms with Crippen molar-refractivity contribution in [1.29, 1.82) is 5.41 Å². The zero-order chi connectivity index (χ0) is 23.1. The van der Waals surface area contributed by atoms with Gasteiger partial charge in [0.15, 0.2) is 0 Å². The number of hydrogen-bond donors (Lipinski definition) is 4. The van der Waals surface area contributed by atoms with Gasteiger partial charge in [-0.3, -0.25) is 15.0 Å². The molecule has 0 bridgehead atoms. The molecule has 0 saturated heterocycles. The first-order chi connectivity index (χ1) is 15.4. The predicted octanol–water partition coefficient (Wildman–Crippen LogP) is 1.78. The molecule has 3 aromatic rings. The molecule has 0 aliphatic heterocycles. The zero-order valence-electron chi connectivity index (χ0n) is 17.2. The highest BCUT2D eigenvalue weighted by molar-refractivity contribution is 7.08. The number of aliphatic hydroxyl groups excluding tert-OH is 1. The van der Waals surface area contributed by atoms with Crippen molar-refractivity contribution in [3.63, 3.8) is 0 Å². The first-order valence-corrected chi connectivity index (χ1v) is 10.8. The molecule has 8 nitrogen and oxygen atoms in total. The van der Waals surface area contributed by atoms with E-state index in [1.165, 1.54) is 4.90 Å². The molecule has 1 atom stereocenters. The van der Waals surface area contributed by atoms with Crippen molar-refractivity contribution >= 4 is 40.4 Å². The zero-order valence-corrected chi connectivity index (χ0v) is 18.0. The molecule has 9 heteroatoms. The Hall–Kier alpha value is -3.53. The van der Waals surface area contributed by atoms with Crippen LogP contribution < -0.4 is 21.1 Å². The number of nitrogens with two attached hydrogens (primary N) is 1. The molecule has 5 N–H and O–H groups in total. The lowest BCUT2D eigenvalue weighted by molar-refractivity contribution is -0.363. The van der Waals surface area contributed by atoms with E-state index in [2.05, 4.69) is 5.32 Å². The van der Waals surface area contributed by atoms with E-state index in [4.69, 9.17) is 11.1 Å². The normalized spacial score (nSPS) is 11.6. The number of nitrogens with one attached hydrogen (secondary N) is 2. The Morgan fingerprint density at radius 1 is 1.09 bits per heavy atom. The third-order valence-corrected chi connectivity index (χ3v) is 5.47. The maximum absolute atomic E-state index is 12.7. The number of benzene rings is 2. The molecule has 0 fully saturated rings. The number of carbonyl (C=O) groups is 2. The monoisotopic (exact) mass is 451 g/mol. The van der Waals surface area contributed by atoms with Crippen LogP contribution in [0.5, 0.6) is 0 Å². The summed E-state index contributed by atoms with van der Waals surface area (Å²) in [5.74, 6) is -1.38. The van der Waals surface area contributed by atoms with Gasteiger partial charge in [0.05, 0.1) is 6.42 Å². The Kier molecular flexibility index (Phi) is 7.72. The molecule has 0 aliphatic rings. The predicted molar refractivity (Wildman–Crippen MR) is 124 cm³/mol. The molecule has 0 aliphatic carbocycles. The number of nitrogens with zero attached hydrogens (tertiary/aromatic N) is 1. The summed E-state index contributed by atoms with van der Waals surface area (Å²) in [5.41, 5.74) is 8.86. The van der Waals surface area contributed by atoms with Crippen molar-refractivity contribution in [2.24, 2.45) is 5.73 Å². The van der Waals surface area contributed by atoms with Gasteiger partial charge in [0.2, 0.25) is 5.91 Å². The van der Waals surface area contributed by atoms with Crippen LogP contribution in [0.4, 0.5) is 11.4 Å². The molecule has 0 saturated carbocycles. The van der Waals surface area contributed by atoms with E-state index in [-0.39, 0.29) is 12.4 Å². The Morgan fingerprint density at radius 2 is 1.78 bits per heavy atom. The van der Waals surface area contributed by atoms with Crippen LogP contribution >= 0.6 is 11.3 Å². The van der Waals surface area contributed by atoms with E-state index < -0.39 is 30.9 Å². The van der Waals surface area contributed by atoms with Gasteiger partial charge < -0.3 is 26.2 Å². The maximum Gasteiger partial charge on any atom is 0.253 e. The van der Waals surface area contributed by atoms with E-state index in [1.807, 2.05) is 29.0 Å². The fourth-order valence-corrected chi connectivity index (χ4v) is 3.74. The van der Waals surface area contributed by atoms with Crippen molar-refractivity contribution in [2.45, 2.75) is 12.5 Å². The standard InChI is InChI=1S/C23H23N4O4S/c24-22(25)16-1-5-18(6-2-16)26-23(31)20(29)13-21(30)27(10-11-28)19-7-3-15(4-8-19)17-9-12-32-14-17/h1-9,12,14,20,29H,10-11,13H2,(H3,24,25)(H,26,31)/q-1/t20-/m1/s1. The summed E-state index contributed by atoms with van der Waals surface area (Å²) in [6.45, 7) is -0.583. The molecular formula is C23H23N4O4S-. The number of amides is 2. The summed E-state index contributed by atoms with van der Waals surface area (Å²) in [6, 6.07) is 15.4. The third-order valence-electron chi connectivity index (χ3n) is 4.78. The van der Waals surface area contributed by atoms with Gasteiger partial charge in [-0.05, 0) is 64.4 Å². The summed E-state index contributed by atoms with van der Waals surface area (Å²) >= 11 is 1.58. The SMILES string of the molecule is N=C(N)c1ccc(NC(=O)[C@H](O)CC(=O)N(CC[O-])c2ccc(-c3ccsc3)cc2)cc1. The molecular weight excluding hydrogens is 428 g/mol. The van der Waals surface area contributed by atoms with Crippen LogP contribution in [0, 0.1) is 5.41 Å². The van der Waals surface area contributed by atoms with Crippen LogP contribution in [0.1, 0.15) is 12.0 Å². The smallest absolute Gasteiger partial charge is 0.253 e. The topological polar surface area (TPSA) is 143 Å². The lowest BCUT2D eigenvalue weighted by Gasteiger charge is -2.25. The minimum absolute atomic E-state index is 0.0719. The Morgan fingerprint density at radius 3 is 2.34 bits per heavy atom. The molecule has 32 heavy (non-hydrogen) atoms. The average molecular weight is 452 g/mol. The quantitative estimate of drug-likeness (QED) is 0.290. The van der Waals surface area contributed by atoms with Crippen LogP contribution in [0.3, 0.4) is 0 Å². The molecule has 2 amide bonds. The van der Waals surface area contributed by atoms with E-state index >= 15 is 0 Å². The molecule has 3 rings (SSSR count). The van der Waals surface area contributed by atoms with E-state index in [9.17, 15) is 19.8 Å². The summed E-state index contributed by atoms with van der Waals surface area (Å²) in [4.78, 5) is 26.3. The number of carbonyl (C=O) groups excluding carboxylic acids is 2. The minimum atomic E-state index is -1.59. The van der Waals surface area contributed by atoms with Crippen molar-refractivity contribution < 1.29 is 19.8 Å². The minimum Gasteiger partial charge on any atom is -0.853 e. The van der Waals surface area contributed by atoms with E-state index in [0.29, 0.717) is 16.9 Å². The maximum atomic E-state index is 12.7. The summed E-state index contributed by atoms with van der Waals surface area (Å²) in [7, 11) is 0. The molecule has 0 spiro atoms. The number of nitrogen functional groups attached to an aromatic ring is 1. The second-order valence-corrected chi connectivity index (χ2v) is 7.79. The van der Waals surface area contributed by atoms with Gasteiger partial charge in [0, 0.05) is 23.5 Å². The molecule has 1 aromatic heterocycles. The number of thiophene rings is 1. The van der Waals surface area contributed by atoms with Crippen molar-refractivity contribution in [3.05, 3.63) is 70.9 Å². The Bertz CT molecular complexity index is 1070. The van der Waals surface area contributed by atoms with Gasteiger partial charge in [0.25, 0.3) is 5.91 Å². The molecule has 0 radical (unpaired) electrons. The fourth-order valence-electron chi connectivity index (χ4n) is 3.08. The van der Waals surface area contributed by atoms with Gasteiger partial charge in [-0.2, -0.15) is 11.3 Å². The van der Waals surface area contributed by atoms with Crippen LogP contribution in [-0.2, 0) is 9.59 Å². The van der Waals surface area contributed by atoms with Gasteiger partial charge in [-0.15, -0.1) is 6.61 Å². The van der Waals surface area contributed by atoms with E-state index in [0.717, 1.165) is 11.1 Å². The van der Waals surface area contributed by atoms with Crippen LogP contribution in [-0.4, -0.2) is 42.0 Å². The van der Waals surface area contributed by atoms with Crippen molar-refractivity contribution in [3.8, 4) is 11.1 Å². The van der Waals surface area contributed by atoms with E-state index in [1.54, 1.807) is 47.7 Å². The average Bonchev–Trinajstić information content (AvgIpc) is 3.33. The van der Waals surface area contributed by atoms with Gasteiger partial charge in [-0.1, -0.05) is 12.1 Å². The van der Waals surface area contributed by atoms with Crippen LogP contribution in [0.15, 0.2) is 65.4 Å². The second-order valence-electron chi connectivity index (χ2n) is 7.01. The second kappa shape index (κ2) is 10.7. The number of anilines is 2. The Labute approximate surface area is 189 Å². The fraction of sp³-hybridized carbons (Fsp3) is 0.174. The van der Waals surface area contributed by atoms with Crippen LogP contribution in [0.2, 0.25) is 0 Å². The highest BCUT2D eigenvalue weighted by Crippen LogP contribution is 2.25. The van der Waals surface area contributed by atoms with Crippen molar-refractivity contribution in [1.82, 2.24) is 0 Å². The number of rotatable bonds is 9. The molecule has 0 unspecified atom stereocenters. The van der Waals surface area contributed by atoms with Gasteiger partial charge >= 0.3 is 0 Å². The Balaban J connectivity index is 1.64. The molecule has 1 heterocycles. The van der Waals surface area contributed by atoms with Crippen LogP contribution in [0.25, 0.3) is 11.1 Å². The highest BCUT2D eigenvalue weighted by Gasteiger charge is 2.23. The lowest BCUT2D eigenvalue weighted by Crippen LogP contribution is -2.40. The first-order valence-electron chi connectivity index (χ1n) is 9.83. The summed E-state index contributed by atoms with van der Waals surface area (Å²) in [5, 5.41) is 35.4. The largest absolute Gasteiger partial charge is 0.853 e. The number of aliphatic hydroxyl groups is 1. The first kappa shape index (κ1) is 23.1. The summed E-state index contributed by atoms with van der Waals surface area (Å²) < 4.78 is 0. The summed E-state index contributed by atoms with van der Waals surface area (Å²) in [6.07, 6.45) is -2.06. The van der Waals surface area contributed by atoms with Gasteiger partial charge in [-0.25, -0.2) is 0 Å². The number of hydrogen-bond acceptors (Lipinski definition) is 6. The number of amidine groups is 1. The van der Waals surface area contributed by atoms with Gasteiger partial charge in [0.1, 0.15) is 11.9 Å². The molecule has 166 valence electrons. The lowest BCUT2D eigenvalue weighted by atomic mass is 10.1. The highest BCUT2D eigenvalue weighted by atomic mass is 32.1.